The summed E-state index contributed by atoms with van der Waals surface area (Å²) < 4.78 is 5.28. The van der Waals surface area contributed by atoms with Crippen LogP contribution in [0.4, 0.5) is 4.79 Å². The topological polar surface area (TPSA) is 29.5 Å². The van der Waals surface area contributed by atoms with E-state index in [-0.39, 0.29) is 6.09 Å². The normalized spacial score (nSPS) is 19.0. The van der Waals surface area contributed by atoms with Crippen LogP contribution in [0.15, 0.2) is 30.3 Å². The number of rotatable bonds is 3. The van der Waals surface area contributed by atoms with Gasteiger partial charge in [-0.15, -0.1) is 0 Å². The molecule has 2 rings (SSSR count). The van der Waals surface area contributed by atoms with Crippen molar-refractivity contribution in [1.82, 2.24) is 4.90 Å². The molecule has 1 amide bonds. The Balaban J connectivity index is 1.80. The lowest BCUT2D eigenvalue weighted by Crippen LogP contribution is -2.37. The Morgan fingerprint density at radius 3 is 2.88 bits per heavy atom. The van der Waals surface area contributed by atoms with Crippen molar-refractivity contribution < 1.29 is 9.53 Å². The van der Waals surface area contributed by atoms with Crippen LogP contribution in [0.3, 0.4) is 0 Å². The van der Waals surface area contributed by atoms with Crippen LogP contribution in [0.2, 0.25) is 0 Å². The van der Waals surface area contributed by atoms with Crippen LogP contribution in [0.25, 0.3) is 0 Å². The third-order valence-electron chi connectivity index (χ3n) is 2.95. The molecule has 3 nitrogen and oxygen atoms in total. The SMILES string of the molecule is CN(C(=O)OCc1ccccc1)C1CCSC1. The van der Waals surface area contributed by atoms with Gasteiger partial charge in [0.05, 0.1) is 0 Å². The molecule has 1 fully saturated rings. The lowest BCUT2D eigenvalue weighted by molar-refractivity contribution is 0.0944. The van der Waals surface area contributed by atoms with Crippen molar-refractivity contribution in [3.63, 3.8) is 0 Å². The minimum Gasteiger partial charge on any atom is -0.445 e. The molecule has 0 aliphatic carbocycles. The Bertz CT molecular complexity index is 363. The van der Waals surface area contributed by atoms with Crippen LogP contribution in [-0.4, -0.2) is 35.6 Å². The Kier molecular flexibility index (Phi) is 4.31. The van der Waals surface area contributed by atoms with E-state index in [2.05, 4.69) is 0 Å². The lowest BCUT2D eigenvalue weighted by Gasteiger charge is -2.22. The molecule has 4 heteroatoms. The highest BCUT2D eigenvalue weighted by atomic mass is 32.2. The van der Waals surface area contributed by atoms with Crippen molar-refractivity contribution >= 4 is 17.9 Å². The van der Waals surface area contributed by atoms with Crippen molar-refractivity contribution in [3.05, 3.63) is 35.9 Å². The number of nitrogens with zero attached hydrogens (tertiary/aromatic N) is 1. The number of benzene rings is 1. The Morgan fingerprint density at radius 2 is 2.24 bits per heavy atom. The van der Waals surface area contributed by atoms with Crippen LogP contribution in [0.1, 0.15) is 12.0 Å². The number of carbonyl (C=O) groups excluding carboxylic acids is 1. The highest BCUT2D eigenvalue weighted by Crippen LogP contribution is 2.21. The fourth-order valence-corrected chi connectivity index (χ4v) is 3.07. The van der Waals surface area contributed by atoms with Gasteiger partial charge in [0.15, 0.2) is 0 Å². The summed E-state index contributed by atoms with van der Waals surface area (Å²) in [7, 11) is 1.82. The first kappa shape index (κ1) is 12.3. The number of hydrogen-bond acceptors (Lipinski definition) is 3. The minimum absolute atomic E-state index is 0.221. The maximum absolute atomic E-state index is 11.8. The predicted molar refractivity (Wildman–Crippen MR) is 70.1 cm³/mol. The maximum atomic E-state index is 11.8. The first-order valence-corrected chi connectivity index (χ1v) is 6.94. The van der Waals surface area contributed by atoms with E-state index < -0.39 is 0 Å². The molecule has 1 atom stereocenters. The summed E-state index contributed by atoms with van der Waals surface area (Å²) in [4.78, 5) is 13.5. The molecular formula is C13H17NO2S. The summed E-state index contributed by atoms with van der Waals surface area (Å²) in [5, 5.41) is 0. The Morgan fingerprint density at radius 1 is 1.47 bits per heavy atom. The van der Waals surface area contributed by atoms with Gasteiger partial charge in [-0.3, -0.25) is 0 Å². The summed E-state index contributed by atoms with van der Waals surface area (Å²) in [6.07, 6.45) is 0.850. The van der Waals surface area contributed by atoms with Crippen molar-refractivity contribution in [2.75, 3.05) is 18.6 Å². The average molecular weight is 251 g/mol. The molecule has 1 aromatic rings. The van der Waals surface area contributed by atoms with E-state index >= 15 is 0 Å². The van der Waals surface area contributed by atoms with E-state index in [1.165, 1.54) is 0 Å². The number of thioether (sulfide) groups is 1. The second-order valence-corrected chi connectivity index (χ2v) is 5.32. The molecule has 1 aliphatic rings. The maximum Gasteiger partial charge on any atom is 0.410 e. The molecule has 0 bridgehead atoms. The van der Waals surface area contributed by atoms with Crippen molar-refractivity contribution in [3.8, 4) is 0 Å². The quantitative estimate of drug-likeness (QED) is 0.827. The molecule has 0 spiro atoms. The van der Waals surface area contributed by atoms with E-state index in [0.717, 1.165) is 23.5 Å². The third-order valence-corrected chi connectivity index (χ3v) is 4.09. The van der Waals surface area contributed by atoms with Gasteiger partial charge >= 0.3 is 6.09 Å². The summed E-state index contributed by atoms with van der Waals surface area (Å²) in [5.74, 6) is 2.16. The van der Waals surface area contributed by atoms with Crippen LogP contribution in [0, 0.1) is 0 Å². The molecule has 1 heterocycles. The van der Waals surface area contributed by atoms with Crippen molar-refractivity contribution in [2.45, 2.75) is 19.1 Å². The number of ether oxygens (including phenoxy) is 1. The van der Waals surface area contributed by atoms with Gasteiger partial charge in [-0.25, -0.2) is 4.79 Å². The molecule has 1 saturated heterocycles. The second kappa shape index (κ2) is 5.96. The van der Waals surface area contributed by atoms with Crippen molar-refractivity contribution in [1.29, 1.82) is 0 Å². The molecule has 92 valence electrons. The highest BCUT2D eigenvalue weighted by molar-refractivity contribution is 7.99. The zero-order valence-electron chi connectivity index (χ0n) is 9.96. The second-order valence-electron chi connectivity index (χ2n) is 4.17. The largest absolute Gasteiger partial charge is 0.445 e. The van der Waals surface area contributed by atoms with Crippen LogP contribution in [-0.2, 0) is 11.3 Å². The number of carbonyl (C=O) groups is 1. The van der Waals surface area contributed by atoms with E-state index in [1.54, 1.807) is 4.90 Å². The van der Waals surface area contributed by atoms with Gasteiger partial charge in [-0.2, -0.15) is 11.8 Å². The van der Waals surface area contributed by atoms with Gasteiger partial charge in [0, 0.05) is 18.8 Å². The van der Waals surface area contributed by atoms with E-state index in [4.69, 9.17) is 4.74 Å². The van der Waals surface area contributed by atoms with Crippen LogP contribution in [0.5, 0.6) is 0 Å². The molecule has 17 heavy (non-hydrogen) atoms. The van der Waals surface area contributed by atoms with Gasteiger partial charge in [0.2, 0.25) is 0 Å². The van der Waals surface area contributed by atoms with E-state index in [1.807, 2.05) is 49.1 Å². The van der Waals surface area contributed by atoms with Gasteiger partial charge in [0.1, 0.15) is 6.61 Å². The first-order chi connectivity index (χ1) is 8.27. The zero-order valence-corrected chi connectivity index (χ0v) is 10.8. The lowest BCUT2D eigenvalue weighted by atomic mass is 10.2. The number of amides is 1. The molecular weight excluding hydrogens is 234 g/mol. The minimum atomic E-state index is -0.221. The fraction of sp³-hybridized carbons (Fsp3) is 0.462. The Labute approximate surface area is 106 Å². The average Bonchev–Trinajstić information content (AvgIpc) is 2.90. The molecule has 1 unspecified atom stereocenters. The van der Waals surface area contributed by atoms with Gasteiger partial charge in [0.25, 0.3) is 0 Å². The first-order valence-electron chi connectivity index (χ1n) is 5.78. The summed E-state index contributed by atoms with van der Waals surface area (Å²) in [5.41, 5.74) is 1.02. The Hall–Kier alpha value is -1.16. The smallest absolute Gasteiger partial charge is 0.410 e. The fourth-order valence-electron chi connectivity index (χ4n) is 1.80. The van der Waals surface area contributed by atoms with E-state index in [9.17, 15) is 4.79 Å². The van der Waals surface area contributed by atoms with E-state index in [0.29, 0.717) is 12.6 Å². The molecule has 0 N–H and O–H groups in total. The monoisotopic (exact) mass is 251 g/mol. The zero-order chi connectivity index (χ0) is 12.1. The summed E-state index contributed by atoms with van der Waals surface area (Å²) >= 11 is 1.89. The molecule has 0 aromatic heterocycles. The molecule has 1 aliphatic heterocycles. The highest BCUT2D eigenvalue weighted by Gasteiger charge is 2.24. The van der Waals surface area contributed by atoms with Gasteiger partial charge in [-0.1, -0.05) is 30.3 Å². The third kappa shape index (κ3) is 3.40. The molecule has 0 radical (unpaired) electrons. The van der Waals surface area contributed by atoms with Gasteiger partial charge in [-0.05, 0) is 17.7 Å². The summed E-state index contributed by atoms with van der Waals surface area (Å²) in [6, 6.07) is 10.1. The van der Waals surface area contributed by atoms with Gasteiger partial charge < -0.3 is 9.64 Å². The molecule has 1 aromatic carbocycles. The van der Waals surface area contributed by atoms with Crippen LogP contribution >= 0.6 is 11.8 Å². The van der Waals surface area contributed by atoms with Crippen molar-refractivity contribution in [2.24, 2.45) is 0 Å². The summed E-state index contributed by atoms with van der Waals surface area (Å²) in [6.45, 7) is 0.351. The number of hydrogen-bond donors (Lipinski definition) is 0. The predicted octanol–water partition coefficient (Wildman–Crippen LogP) is 2.76. The van der Waals surface area contributed by atoms with Crippen LogP contribution < -0.4 is 0 Å². The standard InChI is InChI=1S/C13H17NO2S/c1-14(12-7-8-17-10-12)13(15)16-9-11-5-3-2-4-6-11/h2-6,12H,7-10H2,1H3. The molecule has 0 saturated carbocycles.